The van der Waals surface area contributed by atoms with Crippen LogP contribution in [0.1, 0.15) is 5.56 Å². The van der Waals surface area contributed by atoms with Crippen molar-refractivity contribution in [2.45, 2.75) is 6.92 Å². The zero-order chi connectivity index (χ0) is 12.7. The maximum atomic E-state index is 11.5. The van der Waals surface area contributed by atoms with Gasteiger partial charge in [-0.2, -0.15) is 0 Å². The zero-order valence-corrected chi connectivity index (χ0v) is 10.4. The lowest BCUT2D eigenvalue weighted by Gasteiger charge is -2.11. The van der Waals surface area contributed by atoms with Crippen LogP contribution in [0.2, 0.25) is 0 Å². The highest BCUT2D eigenvalue weighted by Gasteiger charge is 2.06. The van der Waals surface area contributed by atoms with Crippen molar-refractivity contribution in [3.8, 4) is 5.75 Å². The molecule has 0 aromatic heterocycles. The van der Waals surface area contributed by atoms with Gasteiger partial charge in [0.15, 0.2) is 0 Å². The van der Waals surface area contributed by atoms with E-state index in [2.05, 4.69) is 10.6 Å². The second-order valence-corrected chi connectivity index (χ2v) is 3.58. The predicted octanol–water partition coefficient (Wildman–Crippen LogP) is 1.77. The van der Waals surface area contributed by atoms with Gasteiger partial charge in [0.25, 0.3) is 0 Å². The maximum absolute atomic E-state index is 11.5. The van der Waals surface area contributed by atoms with Gasteiger partial charge in [0.2, 0.25) is 0 Å². The molecule has 2 N–H and O–H groups in total. The van der Waals surface area contributed by atoms with Crippen LogP contribution in [-0.4, -0.2) is 33.4 Å². The Kier molecular flexibility index (Phi) is 5.29. The van der Waals surface area contributed by atoms with E-state index < -0.39 is 0 Å². The Morgan fingerprint density at radius 2 is 2.12 bits per heavy atom. The average molecular weight is 238 g/mol. The van der Waals surface area contributed by atoms with E-state index in [1.165, 1.54) is 0 Å². The molecular formula is C12H18N2O3. The molecule has 94 valence electrons. The standard InChI is InChI=1S/C12H18N2O3/c1-9-4-5-11(17-3)10(8-9)14-12(15)13-6-7-16-2/h4-5,8H,6-7H2,1-3H3,(H2,13,14,15). The number of nitrogens with one attached hydrogen (secondary N) is 2. The van der Waals surface area contributed by atoms with Crippen molar-refractivity contribution in [2.24, 2.45) is 0 Å². The average Bonchev–Trinajstić information content (AvgIpc) is 2.29. The maximum Gasteiger partial charge on any atom is 0.319 e. The normalized spacial score (nSPS) is 9.82. The Balaban J connectivity index is 2.60. The molecule has 1 aromatic carbocycles. The minimum absolute atomic E-state index is 0.272. The monoisotopic (exact) mass is 238 g/mol. The van der Waals surface area contributed by atoms with Crippen molar-refractivity contribution < 1.29 is 14.3 Å². The second-order valence-electron chi connectivity index (χ2n) is 3.58. The molecule has 0 aliphatic heterocycles. The number of carbonyl (C=O) groups is 1. The molecule has 0 unspecified atom stereocenters. The van der Waals surface area contributed by atoms with Crippen LogP contribution in [0.4, 0.5) is 10.5 Å². The van der Waals surface area contributed by atoms with Crippen molar-refractivity contribution in [3.05, 3.63) is 23.8 Å². The van der Waals surface area contributed by atoms with E-state index in [0.29, 0.717) is 24.6 Å². The topological polar surface area (TPSA) is 59.6 Å². The van der Waals surface area contributed by atoms with Gasteiger partial charge < -0.3 is 20.1 Å². The van der Waals surface area contributed by atoms with Crippen LogP contribution in [0.3, 0.4) is 0 Å². The lowest BCUT2D eigenvalue weighted by atomic mass is 10.2. The number of carbonyl (C=O) groups excluding carboxylic acids is 1. The first-order valence-corrected chi connectivity index (χ1v) is 5.36. The summed E-state index contributed by atoms with van der Waals surface area (Å²) in [4.78, 5) is 11.5. The Hall–Kier alpha value is -1.75. The minimum atomic E-state index is -0.272. The smallest absolute Gasteiger partial charge is 0.319 e. The molecule has 0 saturated heterocycles. The molecule has 0 saturated carbocycles. The highest BCUT2D eigenvalue weighted by molar-refractivity contribution is 5.91. The van der Waals surface area contributed by atoms with E-state index in [1.54, 1.807) is 14.2 Å². The molecule has 1 rings (SSSR count). The van der Waals surface area contributed by atoms with Gasteiger partial charge in [0, 0.05) is 13.7 Å². The summed E-state index contributed by atoms with van der Waals surface area (Å²) in [7, 11) is 3.15. The summed E-state index contributed by atoms with van der Waals surface area (Å²) in [5.74, 6) is 0.637. The number of rotatable bonds is 5. The Morgan fingerprint density at radius 3 is 2.76 bits per heavy atom. The van der Waals surface area contributed by atoms with E-state index in [4.69, 9.17) is 9.47 Å². The molecular weight excluding hydrogens is 220 g/mol. The van der Waals surface area contributed by atoms with Gasteiger partial charge >= 0.3 is 6.03 Å². The first-order valence-electron chi connectivity index (χ1n) is 5.36. The van der Waals surface area contributed by atoms with Crippen molar-refractivity contribution in [1.29, 1.82) is 0 Å². The molecule has 0 fully saturated rings. The molecule has 0 radical (unpaired) electrons. The van der Waals surface area contributed by atoms with Crippen molar-refractivity contribution in [3.63, 3.8) is 0 Å². The number of urea groups is 1. The zero-order valence-electron chi connectivity index (χ0n) is 10.4. The highest BCUT2D eigenvalue weighted by atomic mass is 16.5. The summed E-state index contributed by atoms with van der Waals surface area (Å²) in [6.07, 6.45) is 0. The summed E-state index contributed by atoms with van der Waals surface area (Å²) >= 11 is 0. The number of hydrogen-bond acceptors (Lipinski definition) is 3. The van der Waals surface area contributed by atoms with E-state index in [0.717, 1.165) is 5.56 Å². The summed E-state index contributed by atoms with van der Waals surface area (Å²) < 4.78 is 10.00. The van der Waals surface area contributed by atoms with Crippen LogP contribution in [0.5, 0.6) is 5.75 Å². The van der Waals surface area contributed by atoms with Gasteiger partial charge in [-0.05, 0) is 24.6 Å². The number of benzene rings is 1. The van der Waals surface area contributed by atoms with E-state index >= 15 is 0 Å². The minimum Gasteiger partial charge on any atom is -0.495 e. The predicted molar refractivity (Wildman–Crippen MR) is 66.6 cm³/mol. The van der Waals surface area contributed by atoms with Crippen LogP contribution in [0, 0.1) is 6.92 Å². The number of ether oxygens (including phenoxy) is 2. The fraction of sp³-hybridized carbons (Fsp3) is 0.417. The fourth-order valence-electron chi connectivity index (χ4n) is 1.35. The van der Waals surface area contributed by atoms with Gasteiger partial charge in [-0.3, -0.25) is 0 Å². The van der Waals surface area contributed by atoms with Gasteiger partial charge in [-0.15, -0.1) is 0 Å². The molecule has 5 nitrogen and oxygen atoms in total. The lowest BCUT2D eigenvalue weighted by Crippen LogP contribution is -2.31. The van der Waals surface area contributed by atoms with Crippen molar-refractivity contribution in [2.75, 3.05) is 32.7 Å². The lowest BCUT2D eigenvalue weighted by molar-refractivity contribution is 0.198. The molecule has 5 heteroatoms. The van der Waals surface area contributed by atoms with Crippen molar-refractivity contribution >= 4 is 11.7 Å². The van der Waals surface area contributed by atoms with Gasteiger partial charge in [0.05, 0.1) is 19.4 Å². The largest absolute Gasteiger partial charge is 0.495 e. The Bertz CT molecular complexity index is 380. The number of hydrogen-bond donors (Lipinski definition) is 2. The van der Waals surface area contributed by atoms with Crippen LogP contribution in [0.15, 0.2) is 18.2 Å². The summed E-state index contributed by atoms with van der Waals surface area (Å²) in [5, 5.41) is 5.40. The van der Waals surface area contributed by atoms with Gasteiger partial charge in [0.1, 0.15) is 5.75 Å². The Labute approximate surface area is 101 Å². The van der Waals surface area contributed by atoms with Gasteiger partial charge in [-0.25, -0.2) is 4.79 Å². The van der Waals surface area contributed by atoms with Crippen LogP contribution >= 0.6 is 0 Å². The summed E-state index contributed by atoms with van der Waals surface area (Å²) in [6.45, 7) is 2.91. The quantitative estimate of drug-likeness (QED) is 0.769. The third kappa shape index (κ3) is 4.32. The molecule has 0 spiro atoms. The van der Waals surface area contributed by atoms with Crippen LogP contribution < -0.4 is 15.4 Å². The van der Waals surface area contributed by atoms with Crippen LogP contribution in [-0.2, 0) is 4.74 Å². The first-order chi connectivity index (χ1) is 8.17. The number of amides is 2. The third-order valence-electron chi connectivity index (χ3n) is 2.19. The van der Waals surface area contributed by atoms with Gasteiger partial charge in [-0.1, -0.05) is 6.07 Å². The highest BCUT2D eigenvalue weighted by Crippen LogP contribution is 2.24. The van der Waals surface area contributed by atoms with E-state index in [9.17, 15) is 4.79 Å². The third-order valence-corrected chi connectivity index (χ3v) is 2.19. The SMILES string of the molecule is COCCNC(=O)Nc1cc(C)ccc1OC. The van der Waals surface area contributed by atoms with Crippen LogP contribution in [0.25, 0.3) is 0 Å². The molecule has 0 aliphatic rings. The number of aryl methyl sites for hydroxylation is 1. The number of methoxy groups -OCH3 is 2. The molecule has 17 heavy (non-hydrogen) atoms. The summed E-state index contributed by atoms with van der Waals surface area (Å²) in [5.41, 5.74) is 1.71. The molecule has 1 aromatic rings. The molecule has 2 amide bonds. The van der Waals surface area contributed by atoms with E-state index in [-0.39, 0.29) is 6.03 Å². The van der Waals surface area contributed by atoms with E-state index in [1.807, 2.05) is 25.1 Å². The second kappa shape index (κ2) is 6.75. The fourth-order valence-corrected chi connectivity index (χ4v) is 1.35. The molecule has 0 aliphatic carbocycles. The molecule has 0 bridgehead atoms. The first kappa shape index (κ1) is 13.3. The number of anilines is 1. The molecule has 0 heterocycles. The molecule has 0 atom stereocenters. The Morgan fingerprint density at radius 1 is 1.35 bits per heavy atom. The summed E-state index contributed by atoms with van der Waals surface area (Å²) in [6, 6.07) is 5.33. The van der Waals surface area contributed by atoms with Crippen molar-refractivity contribution in [1.82, 2.24) is 5.32 Å².